The highest BCUT2D eigenvalue weighted by atomic mass is 32.1. The van der Waals surface area contributed by atoms with Crippen LogP contribution in [-0.4, -0.2) is 83.0 Å². The van der Waals surface area contributed by atoms with Crippen LogP contribution in [0.5, 0.6) is 0 Å². The number of hydroxylamine groups is 1. The number of likely N-dealkylation sites (N-methyl/N-ethyl adjacent to an activating group) is 1. The smallest absolute Gasteiger partial charge is 0.277 e. The van der Waals surface area contributed by atoms with Crippen LogP contribution in [0.3, 0.4) is 0 Å². The third kappa shape index (κ3) is 5.43. The summed E-state index contributed by atoms with van der Waals surface area (Å²) in [6.45, 7) is 3.56. The zero-order valence-corrected chi connectivity index (χ0v) is 21.3. The number of aromatic nitrogens is 5. The minimum absolute atomic E-state index is 0.185. The molecular formula is C24H27N9O3S. The van der Waals surface area contributed by atoms with Gasteiger partial charge in [-0.3, -0.25) is 10.0 Å². The molecule has 1 fully saturated rings. The van der Waals surface area contributed by atoms with E-state index < -0.39 is 5.91 Å². The Morgan fingerprint density at radius 3 is 2.62 bits per heavy atom. The van der Waals surface area contributed by atoms with Crippen LogP contribution in [0.1, 0.15) is 15.2 Å². The van der Waals surface area contributed by atoms with Gasteiger partial charge >= 0.3 is 0 Å². The molecule has 1 amide bonds. The van der Waals surface area contributed by atoms with Crippen molar-refractivity contribution >= 4 is 45.0 Å². The van der Waals surface area contributed by atoms with E-state index >= 15 is 0 Å². The van der Waals surface area contributed by atoms with E-state index in [9.17, 15) is 4.79 Å². The van der Waals surface area contributed by atoms with Gasteiger partial charge in [0.25, 0.3) is 5.91 Å². The van der Waals surface area contributed by atoms with Gasteiger partial charge in [-0.2, -0.15) is 0 Å². The Morgan fingerprint density at radius 2 is 1.95 bits per heavy atom. The molecule has 3 N–H and O–H groups in total. The molecule has 0 saturated carbocycles. The van der Waals surface area contributed by atoms with E-state index in [1.807, 2.05) is 31.1 Å². The highest BCUT2D eigenvalue weighted by Gasteiger charge is 2.20. The van der Waals surface area contributed by atoms with Crippen LogP contribution in [0.2, 0.25) is 0 Å². The molecule has 5 rings (SSSR count). The summed E-state index contributed by atoms with van der Waals surface area (Å²) in [5.41, 5.74) is 3.53. The van der Waals surface area contributed by atoms with Gasteiger partial charge in [-0.1, -0.05) is 0 Å². The maximum absolute atomic E-state index is 11.5. The SMILES string of the molecule is CNc1ccc(-c2nc(N3CCOCC3)c3sc(CCN(C)c4ncc(C(=O)NO)cn4)cc3n2)cn1. The number of fused-ring (bicyclic) bond motifs is 1. The first-order valence-electron chi connectivity index (χ1n) is 11.8. The summed E-state index contributed by atoms with van der Waals surface area (Å²) in [6, 6.07) is 6.01. The molecule has 0 unspecified atom stereocenters. The summed E-state index contributed by atoms with van der Waals surface area (Å²) in [5.74, 6) is 2.20. The Labute approximate surface area is 217 Å². The molecule has 4 aromatic heterocycles. The van der Waals surface area contributed by atoms with Crippen molar-refractivity contribution in [2.45, 2.75) is 6.42 Å². The highest BCUT2D eigenvalue weighted by molar-refractivity contribution is 7.19. The molecule has 4 aromatic rings. The molecule has 192 valence electrons. The summed E-state index contributed by atoms with van der Waals surface area (Å²) >= 11 is 1.69. The van der Waals surface area contributed by atoms with Crippen molar-refractivity contribution in [3.05, 3.63) is 47.2 Å². The molecule has 1 aliphatic rings. The van der Waals surface area contributed by atoms with Crippen LogP contribution in [-0.2, 0) is 11.2 Å². The molecule has 0 atom stereocenters. The molecule has 1 saturated heterocycles. The summed E-state index contributed by atoms with van der Waals surface area (Å²) in [7, 11) is 3.73. The van der Waals surface area contributed by atoms with Crippen molar-refractivity contribution in [2.24, 2.45) is 0 Å². The van der Waals surface area contributed by atoms with E-state index in [2.05, 4.69) is 31.2 Å². The second kappa shape index (κ2) is 11.0. The number of thiophene rings is 1. The second-order valence-electron chi connectivity index (χ2n) is 8.46. The maximum atomic E-state index is 11.5. The number of rotatable bonds is 8. The highest BCUT2D eigenvalue weighted by Crippen LogP contribution is 2.34. The lowest BCUT2D eigenvalue weighted by Gasteiger charge is -2.28. The van der Waals surface area contributed by atoms with Gasteiger partial charge in [0, 0.05) is 62.8 Å². The number of nitrogens with one attached hydrogen (secondary N) is 2. The number of carbonyl (C=O) groups is 1. The number of ether oxygens (including phenoxy) is 1. The molecule has 0 aliphatic carbocycles. The average molecular weight is 522 g/mol. The van der Waals surface area contributed by atoms with E-state index in [-0.39, 0.29) is 5.56 Å². The molecular weight excluding hydrogens is 494 g/mol. The number of nitrogens with zero attached hydrogens (tertiary/aromatic N) is 7. The number of hydrogen-bond donors (Lipinski definition) is 3. The molecule has 12 nitrogen and oxygen atoms in total. The van der Waals surface area contributed by atoms with Crippen molar-refractivity contribution in [1.82, 2.24) is 30.4 Å². The monoisotopic (exact) mass is 521 g/mol. The first-order valence-corrected chi connectivity index (χ1v) is 12.6. The van der Waals surface area contributed by atoms with Crippen molar-refractivity contribution in [3.63, 3.8) is 0 Å². The van der Waals surface area contributed by atoms with Gasteiger partial charge in [0.1, 0.15) is 5.82 Å². The van der Waals surface area contributed by atoms with Crippen molar-refractivity contribution < 1.29 is 14.7 Å². The number of anilines is 3. The molecule has 0 aromatic carbocycles. The normalized spacial score (nSPS) is 13.5. The second-order valence-corrected chi connectivity index (χ2v) is 9.60. The molecule has 0 spiro atoms. The lowest BCUT2D eigenvalue weighted by atomic mass is 10.2. The third-order valence-electron chi connectivity index (χ3n) is 6.03. The number of amides is 1. The van der Waals surface area contributed by atoms with E-state index in [1.165, 1.54) is 17.3 Å². The van der Waals surface area contributed by atoms with Crippen LogP contribution in [0, 0.1) is 0 Å². The summed E-state index contributed by atoms with van der Waals surface area (Å²) in [4.78, 5) is 39.6. The van der Waals surface area contributed by atoms with Crippen LogP contribution in [0.15, 0.2) is 36.8 Å². The standard InChI is InChI=1S/C24H27N9O3S/c1-25-19-4-3-15(12-26-19)21-29-18-11-17(37-20(18)22(30-21)33-7-9-36-10-8-33)5-6-32(2)24-27-13-16(14-28-24)23(34)31-35/h3-4,11-14,35H,5-10H2,1-2H3,(H,25,26)(H,31,34). The van der Waals surface area contributed by atoms with E-state index in [0.29, 0.717) is 31.5 Å². The third-order valence-corrected chi connectivity index (χ3v) is 7.21. The fourth-order valence-corrected chi connectivity index (χ4v) is 5.06. The van der Waals surface area contributed by atoms with E-state index in [4.69, 9.17) is 19.9 Å². The van der Waals surface area contributed by atoms with Crippen molar-refractivity contribution in [3.8, 4) is 11.4 Å². The average Bonchev–Trinajstić information content (AvgIpc) is 3.38. The largest absolute Gasteiger partial charge is 0.378 e. The van der Waals surface area contributed by atoms with Crippen LogP contribution >= 0.6 is 11.3 Å². The zero-order chi connectivity index (χ0) is 25.8. The Kier molecular flexibility index (Phi) is 7.35. The number of carbonyl (C=O) groups excluding carboxylic acids is 1. The Balaban J connectivity index is 1.40. The first-order chi connectivity index (χ1) is 18.1. The summed E-state index contributed by atoms with van der Waals surface area (Å²) in [6.07, 6.45) is 5.31. The fraction of sp³-hybridized carbons (Fsp3) is 0.333. The van der Waals surface area contributed by atoms with Gasteiger partial charge in [0.2, 0.25) is 5.95 Å². The molecule has 0 radical (unpaired) electrons. The lowest BCUT2D eigenvalue weighted by Crippen LogP contribution is -2.36. The van der Waals surface area contributed by atoms with Gasteiger partial charge in [-0.15, -0.1) is 11.3 Å². The summed E-state index contributed by atoms with van der Waals surface area (Å²) in [5, 5.41) is 11.8. The summed E-state index contributed by atoms with van der Waals surface area (Å²) < 4.78 is 6.62. The van der Waals surface area contributed by atoms with Gasteiger partial charge in [-0.25, -0.2) is 30.4 Å². The van der Waals surface area contributed by atoms with Crippen molar-refractivity contribution in [1.29, 1.82) is 0 Å². The number of hydrogen-bond acceptors (Lipinski definition) is 12. The van der Waals surface area contributed by atoms with E-state index in [1.54, 1.807) is 23.0 Å². The van der Waals surface area contributed by atoms with Crippen LogP contribution in [0.25, 0.3) is 21.6 Å². The van der Waals surface area contributed by atoms with Crippen LogP contribution in [0.4, 0.5) is 17.6 Å². The zero-order valence-electron chi connectivity index (χ0n) is 20.5. The first kappa shape index (κ1) is 24.7. The number of pyridine rings is 1. The Morgan fingerprint density at radius 1 is 1.16 bits per heavy atom. The minimum atomic E-state index is -0.648. The topological polar surface area (TPSA) is 142 Å². The number of morpholine rings is 1. The van der Waals surface area contributed by atoms with Gasteiger partial charge in [-0.05, 0) is 24.6 Å². The van der Waals surface area contributed by atoms with Gasteiger partial charge in [0.15, 0.2) is 11.6 Å². The Bertz CT molecular complexity index is 1370. The minimum Gasteiger partial charge on any atom is -0.378 e. The fourth-order valence-electron chi connectivity index (χ4n) is 3.96. The lowest BCUT2D eigenvalue weighted by molar-refractivity contribution is 0.0705. The molecule has 1 aliphatic heterocycles. The quantitative estimate of drug-likeness (QED) is 0.232. The molecule has 13 heteroatoms. The van der Waals surface area contributed by atoms with Gasteiger partial charge in [0.05, 0.1) is 29.0 Å². The van der Waals surface area contributed by atoms with E-state index in [0.717, 1.165) is 46.9 Å². The Hall–Kier alpha value is -3.94. The van der Waals surface area contributed by atoms with Crippen LogP contribution < -0.4 is 20.6 Å². The maximum Gasteiger partial charge on any atom is 0.277 e. The predicted octanol–water partition coefficient (Wildman–Crippen LogP) is 2.22. The van der Waals surface area contributed by atoms with Gasteiger partial charge < -0.3 is 19.9 Å². The molecule has 37 heavy (non-hydrogen) atoms. The molecule has 5 heterocycles. The predicted molar refractivity (Wildman–Crippen MR) is 141 cm³/mol. The van der Waals surface area contributed by atoms with Crippen molar-refractivity contribution in [2.75, 3.05) is 62.1 Å². The molecule has 0 bridgehead atoms.